The lowest BCUT2D eigenvalue weighted by Crippen LogP contribution is -2.14. The van der Waals surface area contributed by atoms with Crippen molar-refractivity contribution in [3.8, 4) is 5.69 Å². The summed E-state index contributed by atoms with van der Waals surface area (Å²) in [5, 5.41) is 15.6. The van der Waals surface area contributed by atoms with Gasteiger partial charge in [-0.1, -0.05) is 18.6 Å². The number of carboxylic acid groups (broad SMARTS) is 1. The van der Waals surface area contributed by atoms with Crippen molar-refractivity contribution in [1.29, 1.82) is 0 Å². The van der Waals surface area contributed by atoms with E-state index in [0.717, 1.165) is 6.20 Å². The van der Waals surface area contributed by atoms with Gasteiger partial charge < -0.3 is 5.11 Å². The second-order valence-electron chi connectivity index (χ2n) is 4.19. The van der Waals surface area contributed by atoms with Crippen molar-refractivity contribution in [3.05, 3.63) is 40.7 Å². The lowest BCUT2D eigenvalue weighted by Gasteiger charge is -2.08. The molecule has 2 rings (SSSR count). The summed E-state index contributed by atoms with van der Waals surface area (Å²) in [5.41, 5.74) is -2.47. The van der Waals surface area contributed by atoms with Gasteiger partial charge in [-0.3, -0.25) is 0 Å². The molecule has 0 saturated carbocycles. The first-order valence-corrected chi connectivity index (χ1v) is 5.89. The monoisotopic (exact) mass is 303 g/mol. The minimum absolute atomic E-state index is 0.374. The van der Waals surface area contributed by atoms with Crippen LogP contribution < -0.4 is 0 Å². The highest BCUT2D eigenvalue weighted by Crippen LogP contribution is 2.26. The lowest BCUT2D eigenvalue weighted by molar-refractivity contribution is 0.0683. The first-order valence-electron chi connectivity index (χ1n) is 5.89. The van der Waals surface area contributed by atoms with Gasteiger partial charge in [0.1, 0.15) is 11.3 Å². The van der Waals surface area contributed by atoms with Gasteiger partial charge in [-0.05, 0) is 6.42 Å². The molecule has 2 aromatic rings. The van der Waals surface area contributed by atoms with Crippen molar-refractivity contribution in [2.45, 2.75) is 19.8 Å². The number of rotatable bonds is 4. The van der Waals surface area contributed by atoms with E-state index in [9.17, 15) is 22.4 Å². The predicted molar refractivity (Wildman–Crippen MR) is 62.1 cm³/mol. The number of halogens is 4. The van der Waals surface area contributed by atoms with E-state index in [4.69, 9.17) is 5.11 Å². The molecule has 1 aromatic carbocycles. The molecule has 1 aromatic heterocycles. The standard InChI is InChI=1S/C12H9F4N3O2/c1-2-3-5-4-19(18-17-5)11-9(15)7(13)6(12(20)21)8(14)10(11)16/h4H,2-3H2,1H3,(H,20,21). The highest BCUT2D eigenvalue weighted by Gasteiger charge is 2.30. The maximum atomic E-state index is 13.8. The smallest absolute Gasteiger partial charge is 0.341 e. The van der Waals surface area contributed by atoms with Gasteiger partial charge in [0.05, 0.1) is 11.9 Å². The van der Waals surface area contributed by atoms with E-state index >= 15 is 0 Å². The van der Waals surface area contributed by atoms with Crippen LogP contribution in [0.5, 0.6) is 0 Å². The molecule has 0 aliphatic carbocycles. The summed E-state index contributed by atoms with van der Waals surface area (Å²) in [6.45, 7) is 1.83. The second kappa shape index (κ2) is 5.51. The number of hydrogen-bond acceptors (Lipinski definition) is 3. The average molecular weight is 303 g/mol. The first-order chi connectivity index (χ1) is 9.88. The molecule has 0 spiro atoms. The molecule has 112 valence electrons. The number of aryl methyl sites for hydroxylation is 1. The number of nitrogens with zero attached hydrogens (tertiary/aromatic N) is 3. The molecule has 0 amide bonds. The quantitative estimate of drug-likeness (QED) is 0.696. The van der Waals surface area contributed by atoms with Crippen LogP contribution in [-0.4, -0.2) is 26.1 Å². The van der Waals surface area contributed by atoms with Crippen molar-refractivity contribution in [1.82, 2.24) is 15.0 Å². The van der Waals surface area contributed by atoms with E-state index < -0.39 is 40.5 Å². The van der Waals surface area contributed by atoms with Crippen molar-refractivity contribution in [3.63, 3.8) is 0 Å². The van der Waals surface area contributed by atoms with E-state index in [1.807, 2.05) is 6.92 Å². The Balaban J connectivity index is 2.66. The summed E-state index contributed by atoms with van der Waals surface area (Å²) in [7, 11) is 0. The molecule has 0 bridgehead atoms. The van der Waals surface area contributed by atoms with E-state index in [2.05, 4.69) is 10.3 Å². The summed E-state index contributed by atoms with van der Waals surface area (Å²) in [6.07, 6.45) is 2.26. The van der Waals surface area contributed by atoms with E-state index in [-0.39, 0.29) is 0 Å². The molecule has 1 heterocycles. The summed E-state index contributed by atoms with van der Waals surface area (Å²) in [6, 6.07) is 0. The number of carboxylic acids is 1. The fourth-order valence-electron chi connectivity index (χ4n) is 1.79. The van der Waals surface area contributed by atoms with Gasteiger partial charge in [-0.2, -0.15) is 0 Å². The van der Waals surface area contributed by atoms with Crippen LogP contribution in [0.15, 0.2) is 6.20 Å². The van der Waals surface area contributed by atoms with Crippen LogP contribution in [-0.2, 0) is 6.42 Å². The Kier molecular flexibility index (Phi) is 3.92. The predicted octanol–water partition coefficient (Wildman–Crippen LogP) is 2.47. The van der Waals surface area contributed by atoms with Gasteiger partial charge in [0, 0.05) is 0 Å². The minimum atomic E-state index is -2.11. The first kappa shape index (κ1) is 14.9. The van der Waals surface area contributed by atoms with Crippen LogP contribution in [0.3, 0.4) is 0 Å². The van der Waals surface area contributed by atoms with Crippen LogP contribution in [0.25, 0.3) is 5.69 Å². The summed E-state index contributed by atoms with van der Waals surface area (Å²) in [5.74, 6) is -9.80. The van der Waals surface area contributed by atoms with Gasteiger partial charge in [0.15, 0.2) is 23.3 Å². The zero-order valence-electron chi connectivity index (χ0n) is 10.7. The van der Waals surface area contributed by atoms with E-state index in [1.54, 1.807) is 0 Å². The Hall–Kier alpha value is -2.45. The van der Waals surface area contributed by atoms with Crippen LogP contribution in [0.1, 0.15) is 29.4 Å². The fourth-order valence-corrected chi connectivity index (χ4v) is 1.79. The highest BCUT2D eigenvalue weighted by molar-refractivity contribution is 5.88. The zero-order valence-corrected chi connectivity index (χ0v) is 10.7. The molecule has 0 aliphatic heterocycles. The topological polar surface area (TPSA) is 68.0 Å². The molecule has 0 unspecified atom stereocenters. The lowest BCUT2D eigenvalue weighted by atomic mass is 10.1. The van der Waals surface area contributed by atoms with Gasteiger partial charge >= 0.3 is 5.97 Å². The maximum Gasteiger partial charge on any atom is 0.341 e. The van der Waals surface area contributed by atoms with Crippen LogP contribution in [0.2, 0.25) is 0 Å². The fraction of sp³-hybridized carbons (Fsp3) is 0.250. The molecule has 0 aliphatic rings. The van der Waals surface area contributed by atoms with E-state index in [1.165, 1.54) is 0 Å². The van der Waals surface area contributed by atoms with Crippen molar-refractivity contribution in [2.75, 3.05) is 0 Å². The Morgan fingerprint density at radius 3 is 2.24 bits per heavy atom. The largest absolute Gasteiger partial charge is 0.477 e. The molecular formula is C12H9F4N3O2. The van der Waals surface area contributed by atoms with Gasteiger partial charge in [0.25, 0.3) is 0 Å². The van der Waals surface area contributed by atoms with Gasteiger partial charge in [-0.25, -0.2) is 27.0 Å². The Labute approximate surface area is 115 Å². The van der Waals surface area contributed by atoms with Crippen LogP contribution >= 0.6 is 0 Å². The molecule has 9 heteroatoms. The van der Waals surface area contributed by atoms with E-state index in [0.29, 0.717) is 23.2 Å². The number of carbonyl (C=O) groups is 1. The highest BCUT2D eigenvalue weighted by atomic mass is 19.2. The van der Waals surface area contributed by atoms with Crippen LogP contribution in [0, 0.1) is 23.3 Å². The molecule has 0 saturated heterocycles. The summed E-state index contributed by atoms with van der Waals surface area (Å²) < 4.78 is 55.3. The Morgan fingerprint density at radius 2 is 1.76 bits per heavy atom. The number of aromatic nitrogens is 3. The Bertz CT molecular complexity index is 686. The Morgan fingerprint density at radius 1 is 1.19 bits per heavy atom. The van der Waals surface area contributed by atoms with Crippen molar-refractivity contribution >= 4 is 5.97 Å². The van der Waals surface area contributed by atoms with Crippen molar-refractivity contribution in [2.24, 2.45) is 0 Å². The molecule has 5 nitrogen and oxygen atoms in total. The zero-order chi connectivity index (χ0) is 15.7. The number of hydrogen-bond donors (Lipinski definition) is 1. The van der Waals surface area contributed by atoms with Gasteiger partial charge in [0.2, 0.25) is 0 Å². The molecule has 0 atom stereocenters. The average Bonchev–Trinajstić information content (AvgIpc) is 2.85. The number of benzene rings is 1. The summed E-state index contributed by atoms with van der Waals surface area (Å²) in [4.78, 5) is 10.6. The van der Waals surface area contributed by atoms with Crippen LogP contribution in [0.4, 0.5) is 17.6 Å². The third-order valence-electron chi connectivity index (χ3n) is 2.73. The van der Waals surface area contributed by atoms with Crippen molar-refractivity contribution < 1.29 is 27.5 Å². The maximum absolute atomic E-state index is 13.8. The molecule has 1 N–H and O–H groups in total. The molecule has 0 fully saturated rings. The molecule has 0 radical (unpaired) electrons. The van der Waals surface area contributed by atoms with Gasteiger partial charge in [-0.15, -0.1) is 5.10 Å². The second-order valence-corrected chi connectivity index (χ2v) is 4.19. The normalized spacial score (nSPS) is 10.9. The third-order valence-corrected chi connectivity index (χ3v) is 2.73. The molecular weight excluding hydrogens is 294 g/mol. The SMILES string of the molecule is CCCc1cn(-c2c(F)c(F)c(C(=O)O)c(F)c2F)nn1. The molecule has 21 heavy (non-hydrogen) atoms. The third kappa shape index (κ3) is 2.46. The summed E-state index contributed by atoms with van der Waals surface area (Å²) >= 11 is 0. The number of aromatic carboxylic acids is 1. The minimum Gasteiger partial charge on any atom is -0.477 e.